The molecular formula is C19H24ClNO2. The van der Waals surface area contributed by atoms with Crippen molar-refractivity contribution in [2.75, 3.05) is 7.11 Å². The molecule has 0 radical (unpaired) electrons. The van der Waals surface area contributed by atoms with Crippen LogP contribution in [0.1, 0.15) is 30.5 Å². The maximum atomic E-state index is 6.34. The van der Waals surface area contributed by atoms with Crippen molar-refractivity contribution < 1.29 is 9.47 Å². The number of rotatable bonds is 7. The molecule has 0 amide bonds. The second-order valence-corrected chi connectivity index (χ2v) is 6.27. The second-order valence-electron chi connectivity index (χ2n) is 5.86. The minimum Gasteiger partial charge on any atom is -0.493 e. The van der Waals surface area contributed by atoms with Gasteiger partial charge >= 0.3 is 0 Å². The summed E-state index contributed by atoms with van der Waals surface area (Å²) >= 11 is 6.34. The fourth-order valence-electron chi connectivity index (χ4n) is 2.28. The molecule has 0 aromatic heterocycles. The Morgan fingerprint density at radius 2 is 1.70 bits per heavy atom. The van der Waals surface area contributed by atoms with Crippen molar-refractivity contribution in [2.45, 2.75) is 40.0 Å². The predicted molar refractivity (Wildman–Crippen MR) is 95.5 cm³/mol. The van der Waals surface area contributed by atoms with Crippen molar-refractivity contribution in [2.24, 2.45) is 0 Å². The normalized spacial score (nSPS) is 10.9. The van der Waals surface area contributed by atoms with Crippen LogP contribution in [0.4, 0.5) is 0 Å². The van der Waals surface area contributed by atoms with Crippen LogP contribution in [0, 0.1) is 6.92 Å². The van der Waals surface area contributed by atoms with Crippen molar-refractivity contribution in [3.8, 4) is 11.5 Å². The third kappa shape index (κ3) is 5.15. The number of methoxy groups -OCH3 is 1. The van der Waals surface area contributed by atoms with E-state index in [9.17, 15) is 0 Å². The molecule has 1 N–H and O–H groups in total. The SMILES string of the molecule is COc1cc(CNCc2ccc(C)cc2)cc(Cl)c1OC(C)C. The van der Waals surface area contributed by atoms with Crippen LogP contribution in [0.25, 0.3) is 0 Å². The predicted octanol–water partition coefficient (Wildman–Crippen LogP) is 4.73. The van der Waals surface area contributed by atoms with E-state index in [-0.39, 0.29) is 6.10 Å². The Morgan fingerprint density at radius 1 is 1.04 bits per heavy atom. The Bertz CT molecular complexity index is 639. The quantitative estimate of drug-likeness (QED) is 0.794. The van der Waals surface area contributed by atoms with Gasteiger partial charge in [-0.15, -0.1) is 0 Å². The number of benzene rings is 2. The molecule has 2 rings (SSSR count). The van der Waals surface area contributed by atoms with Crippen LogP contribution in [0.15, 0.2) is 36.4 Å². The molecule has 2 aromatic carbocycles. The smallest absolute Gasteiger partial charge is 0.180 e. The first kappa shape index (κ1) is 17.6. The molecule has 2 aromatic rings. The van der Waals surface area contributed by atoms with Crippen LogP contribution >= 0.6 is 11.6 Å². The summed E-state index contributed by atoms with van der Waals surface area (Å²) in [5.74, 6) is 1.27. The van der Waals surface area contributed by atoms with E-state index in [1.54, 1.807) is 7.11 Å². The average molecular weight is 334 g/mol. The third-order valence-corrected chi connectivity index (χ3v) is 3.70. The molecule has 0 aliphatic heterocycles. The summed E-state index contributed by atoms with van der Waals surface area (Å²) in [6.45, 7) is 7.54. The second kappa shape index (κ2) is 8.23. The summed E-state index contributed by atoms with van der Waals surface area (Å²) in [5.41, 5.74) is 3.59. The molecule has 0 saturated carbocycles. The van der Waals surface area contributed by atoms with E-state index < -0.39 is 0 Å². The maximum absolute atomic E-state index is 6.34. The molecule has 0 aliphatic carbocycles. The van der Waals surface area contributed by atoms with Gasteiger partial charge in [-0.05, 0) is 44.0 Å². The van der Waals surface area contributed by atoms with Crippen LogP contribution in [0.2, 0.25) is 5.02 Å². The van der Waals surface area contributed by atoms with Gasteiger partial charge in [-0.3, -0.25) is 0 Å². The van der Waals surface area contributed by atoms with Crippen molar-refractivity contribution in [3.05, 3.63) is 58.1 Å². The fraction of sp³-hybridized carbons (Fsp3) is 0.368. The van der Waals surface area contributed by atoms with Crippen LogP contribution in [-0.2, 0) is 13.1 Å². The third-order valence-electron chi connectivity index (χ3n) is 3.42. The summed E-state index contributed by atoms with van der Waals surface area (Å²) in [4.78, 5) is 0. The molecule has 0 saturated heterocycles. The highest BCUT2D eigenvalue weighted by Gasteiger charge is 2.13. The molecular weight excluding hydrogens is 310 g/mol. The lowest BCUT2D eigenvalue weighted by Crippen LogP contribution is -2.13. The number of hydrogen-bond acceptors (Lipinski definition) is 3. The van der Waals surface area contributed by atoms with Gasteiger partial charge in [-0.25, -0.2) is 0 Å². The number of hydrogen-bond donors (Lipinski definition) is 1. The first-order chi connectivity index (χ1) is 11.0. The van der Waals surface area contributed by atoms with Crippen LogP contribution in [0.3, 0.4) is 0 Å². The molecule has 0 spiro atoms. The molecule has 0 heterocycles. The molecule has 0 bridgehead atoms. The molecule has 0 unspecified atom stereocenters. The molecule has 0 aliphatic rings. The Kier molecular flexibility index (Phi) is 6.31. The summed E-state index contributed by atoms with van der Waals surface area (Å²) in [6, 6.07) is 12.4. The van der Waals surface area contributed by atoms with Crippen LogP contribution < -0.4 is 14.8 Å². The van der Waals surface area contributed by atoms with E-state index in [0.29, 0.717) is 23.1 Å². The zero-order chi connectivity index (χ0) is 16.8. The van der Waals surface area contributed by atoms with Gasteiger partial charge in [-0.1, -0.05) is 41.4 Å². The number of ether oxygens (including phenoxy) is 2. The Balaban J connectivity index is 2.02. The van der Waals surface area contributed by atoms with Crippen molar-refractivity contribution in [1.29, 1.82) is 0 Å². The van der Waals surface area contributed by atoms with Crippen molar-refractivity contribution in [1.82, 2.24) is 5.32 Å². The topological polar surface area (TPSA) is 30.5 Å². The zero-order valence-electron chi connectivity index (χ0n) is 14.2. The molecule has 23 heavy (non-hydrogen) atoms. The largest absolute Gasteiger partial charge is 0.493 e. The Hall–Kier alpha value is -1.71. The molecule has 4 heteroatoms. The summed E-state index contributed by atoms with van der Waals surface area (Å²) in [7, 11) is 1.63. The van der Waals surface area contributed by atoms with Crippen LogP contribution in [-0.4, -0.2) is 13.2 Å². The monoisotopic (exact) mass is 333 g/mol. The van der Waals surface area contributed by atoms with E-state index in [4.69, 9.17) is 21.1 Å². The highest BCUT2D eigenvalue weighted by Crippen LogP contribution is 2.37. The standard InChI is InChI=1S/C19H24ClNO2/c1-13(2)23-19-17(20)9-16(10-18(19)22-4)12-21-11-15-7-5-14(3)6-8-15/h5-10,13,21H,11-12H2,1-4H3. The molecule has 124 valence electrons. The zero-order valence-corrected chi connectivity index (χ0v) is 14.9. The van der Waals surface area contributed by atoms with E-state index in [1.165, 1.54) is 11.1 Å². The Morgan fingerprint density at radius 3 is 2.30 bits per heavy atom. The molecule has 3 nitrogen and oxygen atoms in total. The Labute approximate surface area is 143 Å². The summed E-state index contributed by atoms with van der Waals surface area (Å²) in [5, 5.41) is 4.00. The van der Waals surface area contributed by atoms with Gasteiger partial charge in [0.2, 0.25) is 0 Å². The molecule has 0 atom stereocenters. The summed E-state index contributed by atoms with van der Waals surface area (Å²) < 4.78 is 11.1. The van der Waals surface area contributed by atoms with Crippen LogP contribution in [0.5, 0.6) is 11.5 Å². The average Bonchev–Trinajstić information content (AvgIpc) is 2.51. The lowest BCUT2D eigenvalue weighted by molar-refractivity contribution is 0.230. The minimum absolute atomic E-state index is 0.0481. The first-order valence-corrected chi connectivity index (χ1v) is 8.16. The summed E-state index contributed by atoms with van der Waals surface area (Å²) in [6.07, 6.45) is 0.0481. The lowest BCUT2D eigenvalue weighted by Gasteiger charge is -2.16. The number of aryl methyl sites for hydroxylation is 1. The number of halogens is 1. The van der Waals surface area contributed by atoms with E-state index >= 15 is 0 Å². The van der Waals surface area contributed by atoms with Gasteiger partial charge in [-0.2, -0.15) is 0 Å². The van der Waals surface area contributed by atoms with Gasteiger partial charge in [0.1, 0.15) is 0 Å². The maximum Gasteiger partial charge on any atom is 0.180 e. The van der Waals surface area contributed by atoms with Crippen molar-refractivity contribution in [3.63, 3.8) is 0 Å². The highest BCUT2D eigenvalue weighted by molar-refractivity contribution is 6.32. The highest BCUT2D eigenvalue weighted by atomic mass is 35.5. The first-order valence-electron chi connectivity index (χ1n) is 7.79. The fourth-order valence-corrected chi connectivity index (χ4v) is 2.56. The lowest BCUT2D eigenvalue weighted by atomic mass is 10.1. The van der Waals surface area contributed by atoms with Gasteiger partial charge < -0.3 is 14.8 Å². The van der Waals surface area contributed by atoms with Gasteiger partial charge in [0.15, 0.2) is 11.5 Å². The van der Waals surface area contributed by atoms with Gasteiger partial charge in [0, 0.05) is 13.1 Å². The van der Waals surface area contributed by atoms with E-state index in [1.807, 2.05) is 26.0 Å². The van der Waals surface area contributed by atoms with E-state index in [0.717, 1.165) is 12.1 Å². The minimum atomic E-state index is 0.0481. The van der Waals surface area contributed by atoms with Gasteiger partial charge in [0.05, 0.1) is 18.2 Å². The van der Waals surface area contributed by atoms with Crippen molar-refractivity contribution >= 4 is 11.6 Å². The van der Waals surface area contributed by atoms with E-state index in [2.05, 4.69) is 36.5 Å². The van der Waals surface area contributed by atoms with Gasteiger partial charge in [0.25, 0.3) is 0 Å². The number of nitrogens with one attached hydrogen (secondary N) is 1. The molecule has 0 fully saturated rings.